The predicted octanol–water partition coefficient (Wildman–Crippen LogP) is 3.05. The zero-order chi connectivity index (χ0) is 12.6. The van der Waals surface area contributed by atoms with Gasteiger partial charge in [0.05, 0.1) is 6.20 Å². The first-order chi connectivity index (χ1) is 8.71. The summed E-state index contributed by atoms with van der Waals surface area (Å²) in [5.74, 6) is 1.86. The van der Waals surface area contributed by atoms with Crippen molar-refractivity contribution < 1.29 is 0 Å². The van der Waals surface area contributed by atoms with Gasteiger partial charge >= 0.3 is 0 Å². The molecule has 2 N–H and O–H groups in total. The molecule has 0 amide bonds. The van der Waals surface area contributed by atoms with E-state index in [1.807, 2.05) is 10.9 Å². The van der Waals surface area contributed by atoms with E-state index in [9.17, 15) is 0 Å². The van der Waals surface area contributed by atoms with E-state index in [2.05, 4.69) is 18.2 Å². The molecule has 0 saturated heterocycles. The highest BCUT2D eigenvalue weighted by molar-refractivity contribution is 5.19. The molecule has 2 aliphatic rings. The van der Waals surface area contributed by atoms with Gasteiger partial charge in [0.25, 0.3) is 0 Å². The minimum Gasteiger partial charge on any atom is -0.321 e. The van der Waals surface area contributed by atoms with E-state index in [1.54, 1.807) is 0 Å². The molecular weight excluding hydrogens is 222 g/mol. The van der Waals surface area contributed by atoms with E-state index in [-0.39, 0.29) is 5.54 Å². The van der Waals surface area contributed by atoms with Gasteiger partial charge in [-0.1, -0.05) is 19.8 Å². The van der Waals surface area contributed by atoms with Crippen LogP contribution >= 0.6 is 0 Å². The van der Waals surface area contributed by atoms with E-state index in [4.69, 9.17) is 5.73 Å². The van der Waals surface area contributed by atoms with Crippen LogP contribution in [0, 0.1) is 11.8 Å². The predicted molar refractivity (Wildman–Crippen MR) is 73.1 cm³/mol. The number of aromatic nitrogens is 2. The van der Waals surface area contributed by atoms with Gasteiger partial charge in [0.2, 0.25) is 0 Å². The third-order valence-electron chi connectivity index (χ3n) is 4.77. The summed E-state index contributed by atoms with van der Waals surface area (Å²) in [4.78, 5) is 0. The Hall–Kier alpha value is -0.830. The van der Waals surface area contributed by atoms with Gasteiger partial charge in [-0.25, -0.2) is 0 Å². The van der Waals surface area contributed by atoms with Crippen LogP contribution in [-0.4, -0.2) is 9.78 Å². The minimum absolute atomic E-state index is 0.0997. The molecule has 2 atom stereocenters. The van der Waals surface area contributed by atoms with Gasteiger partial charge in [-0.2, -0.15) is 5.10 Å². The van der Waals surface area contributed by atoms with Crippen LogP contribution in [0.1, 0.15) is 57.4 Å². The Kier molecular flexibility index (Phi) is 3.18. The smallest absolute Gasteiger partial charge is 0.0540 e. The molecule has 1 heterocycles. The number of hydrogen-bond donors (Lipinski definition) is 1. The summed E-state index contributed by atoms with van der Waals surface area (Å²) >= 11 is 0. The Labute approximate surface area is 110 Å². The molecule has 3 heteroatoms. The molecule has 0 spiro atoms. The average molecular weight is 247 g/mol. The van der Waals surface area contributed by atoms with Crippen LogP contribution in [0.5, 0.6) is 0 Å². The Balaban J connectivity index is 1.74. The van der Waals surface area contributed by atoms with Crippen molar-refractivity contribution in [3.05, 3.63) is 18.0 Å². The normalized spacial score (nSPS) is 32.7. The topological polar surface area (TPSA) is 43.8 Å². The Morgan fingerprint density at radius 3 is 2.94 bits per heavy atom. The van der Waals surface area contributed by atoms with Gasteiger partial charge in [0.1, 0.15) is 0 Å². The fourth-order valence-electron chi connectivity index (χ4n) is 3.56. The van der Waals surface area contributed by atoms with E-state index >= 15 is 0 Å². The summed E-state index contributed by atoms with van der Waals surface area (Å²) < 4.78 is 2.05. The first-order valence-corrected chi connectivity index (χ1v) is 7.53. The minimum atomic E-state index is -0.0997. The standard InChI is InChI=1S/C15H25N3/c1-2-8-18-11-14(10-17-18)15(16)7-3-4-13(9-15)12-5-6-12/h10-13H,2-9,16H2,1H3. The summed E-state index contributed by atoms with van der Waals surface area (Å²) in [6.45, 7) is 3.19. The second-order valence-corrected chi connectivity index (χ2v) is 6.34. The van der Waals surface area contributed by atoms with Crippen LogP contribution in [0.15, 0.2) is 12.4 Å². The van der Waals surface area contributed by atoms with Crippen molar-refractivity contribution in [1.82, 2.24) is 9.78 Å². The van der Waals surface area contributed by atoms with E-state index in [1.165, 1.54) is 37.7 Å². The summed E-state index contributed by atoms with van der Waals surface area (Å²) in [6, 6.07) is 0. The number of nitrogens with two attached hydrogens (primary N) is 1. The lowest BCUT2D eigenvalue weighted by molar-refractivity contribution is 0.206. The SMILES string of the molecule is CCCn1cc(C2(N)CCCC(C3CC3)C2)cn1. The fourth-order valence-corrected chi connectivity index (χ4v) is 3.56. The lowest BCUT2D eigenvalue weighted by Gasteiger charge is -2.37. The van der Waals surface area contributed by atoms with Crippen LogP contribution in [0.2, 0.25) is 0 Å². The van der Waals surface area contributed by atoms with E-state index in [0.29, 0.717) is 0 Å². The van der Waals surface area contributed by atoms with Crippen molar-refractivity contribution in [2.75, 3.05) is 0 Å². The molecule has 0 bridgehead atoms. The van der Waals surface area contributed by atoms with Crippen LogP contribution < -0.4 is 5.73 Å². The number of hydrogen-bond acceptors (Lipinski definition) is 2. The molecule has 3 nitrogen and oxygen atoms in total. The maximum atomic E-state index is 6.69. The maximum absolute atomic E-state index is 6.69. The van der Waals surface area contributed by atoms with Crippen molar-refractivity contribution in [1.29, 1.82) is 0 Å². The summed E-state index contributed by atoms with van der Waals surface area (Å²) in [5.41, 5.74) is 7.86. The molecule has 2 saturated carbocycles. The highest BCUT2D eigenvalue weighted by atomic mass is 15.3. The number of aryl methyl sites for hydroxylation is 1. The molecule has 2 fully saturated rings. The Morgan fingerprint density at radius 1 is 1.39 bits per heavy atom. The van der Waals surface area contributed by atoms with Crippen LogP contribution in [-0.2, 0) is 12.1 Å². The summed E-state index contributed by atoms with van der Waals surface area (Å²) in [5, 5.41) is 4.45. The lowest BCUT2D eigenvalue weighted by Crippen LogP contribution is -2.41. The van der Waals surface area contributed by atoms with Gasteiger partial charge in [-0.05, 0) is 43.9 Å². The molecule has 2 unspecified atom stereocenters. The average Bonchev–Trinajstić information content (AvgIpc) is 3.10. The van der Waals surface area contributed by atoms with E-state index in [0.717, 1.165) is 31.2 Å². The second-order valence-electron chi connectivity index (χ2n) is 6.34. The molecule has 0 radical (unpaired) electrons. The largest absolute Gasteiger partial charge is 0.321 e. The van der Waals surface area contributed by atoms with Crippen molar-refractivity contribution >= 4 is 0 Å². The van der Waals surface area contributed by atoms with Crippen molar-refractivity contribution in [2.24, 2.45) is 17.6 Å². The number of rotatable bonds is 4. The van der Waals surface area contributed by atoms with E-state index < -0.39 is 0 Å². The summed E-state index contributed by atoms with van der Waals surface area (Å²) in [6.07, 6.45) is 13.2. The molecule has 100 valence electrons. The molecule has 2 aliphatic carbocycles. The maximum Gasteiger partial charge on any atom is 0.0540 e. The van der Waals surface area contributed by atoms with Crippen LogP contribution in [0.4, 0.5) is 0 Å². The van der Waals surface area contributed by atoms with Gasteiger partial charge in [0.15, 0.2) is 0 Å². The highest BCUT2D eigenvalue weighted by Gasteiger charge is 2.41. The molecule has 0 aliphatic heterocycles. The molecule has 0 aromatic carbocycles. The van der Waals surface area contributed by atoms with Crippen molar-refractivity contribution in [3.63, 3.8) is 0 Å². The molecular formula is C15H25N3. The fraction of sp³-hybridized carbons (Fsp3) is 0.800. The second kappa shape index (κ2) is 4.69. The quantitative estimate of drug-likeness (QED) is 0.888. The first kappa shape index (κ1) is 12.2. The molecule has 18 heavy (non-hydrogen) atoms. The van der Waals surface area contributed by atoms with Gasteiger partial charge in [-0.15, -0.1) is 0 Å². The first-order valence-electron chi connectivity index (χ1n) is 7.53. The zero-order valence-electron chi connectivity index (χ0n) is 11.4. The zero-order valence-corrected chi connectivity index (χ0v) is 11.4. The van der Waals surface area contributed by atoms with Gasteiger partial charge in [0, 0.05) is 23.8 Å². The third-order valence-corrected chi connectivity index (χ3v) is 4.77. The summed E-state index contributed by atoms with van der Waals surface area (Å²) in [7, 11) is 0. The van der Waals surface area contributed by atoms with Gasteiger partial charge < -0.3 is 5.73 Å². The van der Waals surface area contributed by atoms with Gasteiger partial charge in [-0.3, -0.25) is 4.68 Å². The monoisotopic (exact) mass is 247 g/mol. The third kappa shape index (κ3) is 2.33. The highest BCUT2D eigenvalue weighted by Crippen LogP contribution is 2.48. The molecule has 3 rings (SSSR count). The molecule has 1 aromatic rings. The van der Waals surface area contributed by atoms with Crippen LogP contribution in [0.25, 0.3) is 0 Å². The van der Waals surface area contributed by atoms with Crippen molar-refractivity contribution in [2.45, 2.75) is 64.0 Å². The lowest BCUT2D eigenvalue weighted by atomic mass is 9.72. The van der Waals surface area contributed by atoms with Crippen molar-refractivity contribution in [3.8, 4) is 0 Å². The Bertz CT molecular complexity index is 408. The number of nitrogens with zero attached hydrogens (tertiary/aromatic N) is 2. The van der Waals surface area contributed by atoms with Crippen LogP contribution in [0.3, 0.4) is 0 Å². The Morgan fingerprint density at radius 2 is 2.22 bits per heavy atom. The molecule has 1 aromatic heterocycles.